The molecule has 0 saturated carbocycles. The number of rotatable bonds is 3. The SMILES string of the molecule is Cc1nn(C)c(C(=O)OCc2cc(C#N)ccc2F)c1N. The van der Waals surface area contributed by atoms with E-state index in [1.54, 1.807) is 14.0 Å². The molecule has 0 aliphatic heterocycles. The molecule has 2 N–H and O–H groups in total. The van der Waals surface area contributed by atoms with Crippen LogP contribution in [0.4, 0.5) is 10.1 Å². The van der Waals surface area contributed by atoms with Crippen molar-refractivity contribution in [2.45, 2.75) is 13.5 Å². The molecule has 0 atom stereocenters. The second kappa shape index (κ2) is 5.63. The Kier molecular flexibility index (Phi) is 3.89. The molecule has 7 heteroatoms. The Hall–Kier alpha value is -2.88. The lowest BCUT2D eigenvalue weighted by molar-refractivity contribution is 0.0457. The van der Waals surface area contributed by atoms with Gasteiger partial charge in [0.1, 0.15) is 12.4 Å². The minimum absolute atomic E-state index is 0.115. The quantitative estimate of drug-likeness (QED) is 0.867. The molecular weight excluding hydrogens is 275 g/mol. The fourth-order valence-electron chi connectivity index (χ4n) is 1.88. The predicted molar refractivity (Wildman–Crippen MR) is 72.6 cm³/mol. The minimum Gasteiger partial charge on any atom is -0.456 e. The number of esters is 1. The summed E-state index contributed by atoms with van der Waals surface area (Å²) in [4.78, 5) is 12.0. The van der Waals surface area contributed by atoms with Gasteiger partial charge >= 0.3 is 5.97 Å². The van der Waals surface area contributed by atoms with E-state index in [1.165, 1.54) is 16.8 Å². The number of aromatic nitrogens is 2. The molecule has 2 aromatic rings. The first-order valence-electron chi connectivity index (χ1n) is 6.08. The second-order valence-electron chi connectivity index (χ2n) is 4.47. The van der Waals surface area contributed by atoms with Crippen molar-refractivity contribution in [3.63, 3.8) is 0 Å². The van der Waals surface area contributed by atoms with Gasteiger partial charge in [0.2, 0.25) is 0 Å². The molecule has 0 fully saturated rings. The minimum atomic E-state index is -0.697. The standard InChI is InChI=1S/C14H13FN4O2/c1-8-12(17)13(19(2)18-8)14(20)21-7-10-5-9(6-16)3-4-11(10)15/h3-5H,7,17H2,1-2H3. The first kappa shape index (κ1) is 14.5. The van der Waals surface area contributed by atoms with Crippen molar-refractivity contribution in [1.29, 1.82) is 5.26 Å². The van der Waals surface area contributed by atoms with E-state index in [0.29, 0.717) is 11.3 Å². The molecule has 0 radical (unpaired) electrons. The molecule has 0 bridgehead atoms. The average molecular weight is 288 g/mol. The van der Waals surface area contributed by atoms with Gasteiger partial charge in [0, 0.05) is 12.6 Å². The van der Waals surface area contributed by atoms with Gasteiger partial charge in [0.05, 0.1) is 23.0 Å². The Morgan fingerprint density at radius 1 is 1.57 bits per heavy atom. The van der Waals surface area contributed by atoms with E-state index in [2.05, 4.69) is 5.10 Å². The number of nitrogen functional groups attached to an aromatic ring is 1. The first-order valence-corrected chi connectivity index (χ1v) is 6.08. The number of ether oxygens (including phenoxy) is 1. The van der Waals surface area contributed by atoms with Crippen LogP contribution in [0.1, 0.15) is 27.3 Å². The van der Waals surface area contributed by atoms with Gasteiger partial charge in [-0.1, -0.05) is 0 Å². The topological polar surface area (TPSA) is 93.9 Å². The molecular formula is C14H13FN4O2. The highest BCUT2D eigenvalue weighted by molar-refractivity contribution is 5.93. The highest BCUT2D eigenvalue weighted by atomic mass is 19.1. The van der Waals surface area contributed by atoms with Crippen molar-refractivity contribution in [1.82, 2.24) is 9.78 Å². The molecule has 0 aliphatic carbocycles. The number of benzene rings is 1. The lowest BCUT2D eigenvalue weighted by Crippen LogP contribution is -2.13. The van der Waals surface area contributed by atoms with Crippen LogP contribution in [0.25, 0.3) is 0 Å². The molecule has 0 unspecified atom stereocenters. The largest absolute Gasteiger partial charge is 0.456 e. The summed E-state index contributed by atoms with van der Waals surface area (Å²) in [7, 11) is 1.57. The number of carbonyl (C=O) groups is 1. The third kappa shape index (κ3) is 2.84. The van der Waals surface area contributed by atoms with E-state index in [1.807, 2.05) is 6.07 Å². The third-order valence-electron chi connectivity index (χ3n) is 3.00. The molecule has 1 heterocycles. The maximum absolute atomic E-state index is 13.6. The number of aryl methyl sites for hydroxylation is 2. The van der Waals surface area contributed by atoms with Crippen molar-refractivity contribution < 1.29 is 13.9 Å². The number of anilines is 1. The summed E-state index contributed by atoms with van der Waals surface area (Å²) in [5.41, 5.74) is 7.02. The summed E-state index contributed by atoms with van der Waals surface area (Å²) in [6.07, 6.45) is 0. The van der Waals surface area contributed by atoms with Crippen molar-refractivity contribution >= 4 is 11.7 Å². The number of nitrogens with zero attached hydrogens (tertiary/aromatic N) is 3. The number of hydrogen-bond acceptors (Lipinski definition) is 5. The fourth-order valence-corrected chi connectivity index (χ4v) is 1.88. The normalized spacial score (nSPS) is 10.2. The number of hydrogen-bond donors (Lipinski definition) is 1. The van der Waals surface area contributed by atoms with Gasteiger partial charge in [0.15, 0.2) is 5.69 Å². The highest BCUT2D eigenvalue weighted by Gasteiger charge is 2.19. The Labute approximate surface area is 120 Å². The van der Waals surface area contributed by atoms with Gasteiger partial charge in [-0.2, -0.15) is 10.4 Å². The van der Waals surface area contributed by atoms with Gasteiger partial charge in [-0.05, 0) is 25.1 Å². The Bertz CT molecular complexity index is 746. The zero-order valence-corrected chi connectivity index (χ0v) is 11.6. The number of halogens is 1. The van der Waals surface area contributed by atoms with Gasteiger partial charge < -0.3 is 10.5 Å². The van der Waals surface area contributed by atoms with Crippen LogP contribution in [0.2, 0.25) is 0 Å². The molecule has 0 saturated heterocycles. The maximum Gasteiger partial charge on any atom is 0.359 e. The Morgan fingerprint density at radius 3 is 2.86 bits per heavy atom. The van der Waals surface area contributed by atoms with Crippen LogP contribution in [-0.4, -0.2) is 15.7 Å². The smallest absolute Gasteiger partial charge is 0.359 e. The monoisotopic (exact) mass is 288 g/mol. The molecule has 21 heavy (non-hydrogen) atoms. The summed E-state index contributed by atoms with van der Waals surface area (Å²) in [5, 5.41) is 12.8. The molecule has 1 aromatic heterocycles. The van der Waals surface area contributed by atoms with E-state index in [9.17, 15) is 9.18 Å². The molecule has 0 aliphatic rings. The number of nitriles is 1. The van der Waals surface area contributed by atoms with Crippen LogP contribution in [0.15, 0.2) is 18.2 Å². The van der Waals surface area contributed by atoms with Crippen molar-refractivity contribution in [3.8, 4) is 6.07 Å². The molecule has 108 valence electrons. The Balaban J connectivity index is 2.17. The van der Waals surface area contributed by atoms with E-state index in [0.717, 1.165) is 6.07 Å². The lowest BCUT2D eigenvalue weighted by Gasteiger charge is -2.07. The van der Waals surface area contributed by atoms with Crippen molar-refractivity contribution in [3.05, 3.63) is 46.5 Å². The summed E-state index contributed by atoms with van der Waals surface area (Å²) in [6, 6.07) is 5.74. The second-order valence-corrected chi connectivity index (χ2v) is 4.47. The zero-order chi connectivity index (χ0) is 15.6. The zero-order valence-electron chi connectivity index (χ0n) is 11.6. The van der Waals surface area contributed by atoms with Crippen LogP contribution < -0.4 is 5.73 Å². The predicted octanol–water partition coefficient (Wildman–Crippen LogP) is 1.68. The Morgan fingerprint density at radius 2 is 2.29 bits per heavy atom. The summed E-state index contributed by atoms with van der Waals surface area (Å²) >= 11 is 0. The van der Waals surface area contributed by atoms with Crippen molar-refractivity contribution in [2.75, 3.05) is 5.73 Å². The van der Waals surface area contributed by atoms with Crippen LogP contribution in [-0.2, 0) is 18.4 Å². The maximum atomic E-state index is 13.6. The van der Waals surface area contributed by atoms with E-state index < -0.39 is 11.8 Å². The van der Waals surface area contributed by atoms with Crippen LogP contribution in [0.3, 0.4) is 0 Å². The molecule has 0 spiro atoms. The average Bonchev–Trinajstić information content (AvgIpc) is 2.71. The van der Waals surface area contributed by atoms with E-state index in [4.69, 9.17) is 15.7 Å². The van der Waals surface area contributed by atoms with Crippen LogP contribution >= 0.6 is 0 Å². The van der Waals surface area contributed by atoms with Gasteiger partial charge in [-0.3, -0.25) is 4.68 Å². The van der Waals surface area contributed by atoms with Gasteiger partial charge in [0.25, 0.3) is 0 Å². The molecule has 1 aromatic carbocycles. The van der Waals surface area contributed by atoms with Crippen LogP contribution in [0, 0.1) is 24.1 Å². The molecule has 6 nitrogen and oxygen atoms in total. The number of nitrogens with two attached hydrogens (primary N) is 1. The lowest BCUT2D eigenvalue weighted by atomic mass is 10.1. The fraction of sp³-hybridized carbons (Fsp3) is 0.214. The summed E-state index contributed by atoms with van der Waals surface area (Å²) < 4.78 is 19.9. The summed E-state index contributed by atoms with van der Waals surface area (Å²) in [5.74, 6) is -1.24. The van der Waals surface area contributed by atoms with Gasteiger partial charge in [-0.25, -0.2) is 9.18 Å². The van der Waals surface area contributed by atoms with Crippen molar-refractivity contribution in [2.24, 2.45) is 7.05 Å². The van der Waals surface area contributed by atoms with E-state index in [-0.39, 0.29) is 23.6 Å². The first-order chi connectivity index (χ1) is 9.93. The molecule has 2 rings (SSSR count). The number of carbonyl (C=O) groups excluding carboxylic acids is 1. The van der Waals surface area contributed by atoms with Gasteiger partial charge in [-0.15, -0.1) is 0 Å². The molecule has 0 amide bonds. The van der Waals surface area contributed by atoms with E-state index >= 15 is 0 Å². The third-order valence-corrected chi connectivity index (χ3v) is 3.00. The highest BCUT2D eigenvalue weighted by Crippen LogP contribution is 2.18. The summed E-state index contributed by atoms with van der Waals surface area (Å²) in [6.45, 7) is 1.38. The van der Waals surface area contributed by atoms with Crippen LogP contribution in [0.5, 0.6) is 0 Å².